The van der Waals surface area contributed by atoms with Crippen LogP contribution in [0.3, 0.4) is 0 Å². The summed E-state index contributed by atoms with van der Waals surface area (Å²) < 4.78 is 0. The van der Waals surface area contributed by atoms with Crippen molar-refractivity contribution in [2.45, 2.75) is 31.2 Å². The van der Waals surface area contributed by atoms with Gasteiger partial charge in [0, 0.05) is 30.9 Å². The third-order valence-electron chi connectivity index (χ3n) is 3.59. The molecule has 2 heterocycles. The lowest BCUT2D eigenvalue weighted by atomic mass is 10.0. The molecule has 5 heteroatoms. The van der Waals surface area contributed by atoms with Gasteiger partial charge in [-0.05, 0) is 33.5 Å². The summed E-state index contributed by atoms with van der Waals surface area (Å²) in [4.78, 5) is 9.43. The third kappa shape index (κ3) is 3.92. The summed E-state index contributed by atoms with van der Waals surface area (Å²) in [7, 11) is 4.36. The molecule has 3 nitrogen and oxygen atoms in total. The Labute approximate surface area is 119 Å². The first-order valence-corrected chi connectivity index (χ1v) is 7.98. The highest BCUT2D eigenvalue weighted by atomic mass is 35.5. The van der Waals surface area contributed by atoms with Gasteiger partial charge in [-0.2, -0.15) is 0 Å². The summed E-state index contributed by atoms with van der Waals surface area (Å²) in [5.41, 5.74) is 1.02. The summed E-state index contributed by atoms with van der Waals surface area (Å²) in [5.74, 6) is 0.531. The van der Waals surface area contributed by atoms with Gasteiger partial charge in [0.2, 0.25) is 0 Å². The molecule has 1 aromatic rings. The van der Waals surface area contributed by atoms with Crippen LogP contribution in [0.25, 0.3) is 0 Å². The van der Waals surface area contributed by atoms with Crippen LogP contribution in [0.5, 0.6) is 0 Å². The van der Waals surface area contributed by atoms with Crippen LogP contribution in [0.15, 0.2) is 5.38 Å². The van der Waals surface area contributed by atoms with E-state index in [2.05, 4.69) is 34.3 Å². The summed E-state index contributed by atoms with van der Waals surface area (Å²) >= 11 is 7.51. The highest BCUT2D eigenvalue weighted by Crippen LogP contribution is 2.16. The number of aromatic nitrogens is 1. The Morgan fingerprint density at radius 2 is 2.39 bits per heavy atom. The molecule has 1 aliphatic heterocycles. The van der Waals surface area contributed by atoms with E-state index in [1.165, 1.54) is 30.9 Å². The maximum atomic E-state index is 5.77. The number of nitrogens with zero attached hydrogens (tertiary/aromatic N) is 3. The van der Waals surface area contributed by atoms with Gasteiger partial charge in [0.25, 0.3) is 0 Å². The molecule has 1 unspecified atom stereocenters. The minimum Gasteiger partial charge on any atom is -0.305 e. The monoisotopic (exact) mass is 287 g/mol. The quantitative estimate of drug-likeness (QED) is 0.776. The largest absolute Gasteiger partial charge is 0.305 e. The molecule has 18 heavy (non-hydrogen) atoms. The van der Waals surface area contributed by atoms with Crippen molar-refractivity contribution >= 4 is 22.9 Å². The van der Waals surface area contributed by atoms with Gasteiger partial charge in [0.05, 0.1) is 16.6 Å². The number of piperidine rings is 1. The molecule has 1 fully saturated rings. The van der Waals surface area contributed by atoms with E-state index in [0.717, 1.165) is 18.7 Å². The molecule has 102 valence electrons. The maximum Gasteiger partial charge on any atom is 0.0941 e. The van der Waals surface area contributed by atoms with Crippen molar-refractivity contribution in [3.63, 3.8) is 0 Å². The molecule has 1 aromatic heterocycles. The van der Waals surface area contributed by atoms with Crippen molar-refractivity contribution in [3.8, 4) is 0 Å². The lowest BCUT2D eigenvalue weighted by Gasteiger charge is -2.36. The Hall–Kier alpha value is -0.160. The smallest absolute Gasteiger partial charge is 0.0941 e. The average Bonchev–Trinajstić information content (AvgIpc) is 2.84. The van der Waals surface area contributed by atoms with E-state index in [0.29, 0.717) is 11.9 Å². The van der Waals surface area contributed by atoms with Crippen LogP contribution in [0.1, 0.15) is 23.5 Å². The Bertz CT molecular complexity index is 367. The molecule has 2 rings (SSSR count). The Balaban J connectivity index is 1.79. The average molecular weight is 288 g/mol. The second-order valence-corrected chi connectivity index (χ2v) is 6.39. The molecule has 0 N–H and O–H groups in total. The lowest BCUT2D eigenvalue weighted by molar-refractivity contribution is 0.134. The Kier molecular flexibility index (Phi) is 5.42. The van der Waals surface area contributed by atoms with Crippen molar-refractivity contribution in [1.29, 1.82) is 0 Å². The molecule has 0 aliphatic carbocycles. The van der Waals surface area contributed by atoms with E-state index in [9.17, 15) is 0 Å². The first-order chi connectivity index (χ1) is 8.69. The molecular weight excluding hydrogens is 266 g/mol. The third-order valence-corrected chi connectivity index (χ3v) is 4.82. The first kappa shape index (κ1) is 14.3. The van der Waals surface area contributed by atoms with Crippen LogP contribution in [0.4, 0.5) is 0 Å². The first-order valence-electron chi connectivity index (χ1n) is 6.57. The van der Waals surface area contributed by atoms with Gasteiger partial charge >= 0.3 is 0 Å². The minimum absolute atomic E-state index is 0.531. The molecule has 0 bridgehead atoms. The fraction of sp³-hybridized carbons (Fsp3) is 0.769. The van der Waals surface area contributed by atoms with E-state index in [1.54, 1.807) is 11.3 Å². The minimum atomic E-state index is 0.531. The number of alkyl halides is 1. The van der Waals surface area contributed by atoms with Gasteiger partial charge in [0.1, 0.15) is 0 Å². The van der Waals surface area contributed by atoms with E-state index in [4.69, 9.17) is 11.6 Å². The molecule has 0 radical (unpaired) electrons. The lowest BCUT2D eigenvalue weighted by Crippen LogP contribution is -2.45. The molecular formula is C13H22ClN3S. The van der Waals surface area contributed by atoms with Crippen molar-refractivity contribution in [2.24, 2.45) is 0 Å². The van der Waals surface area contributed by atoms with Gasteiger partial charge in [-0.3, -0.25) is 0 Å². The van der Waals surface area contributed by atoms with E-state index in [1.807, 2.05) is 0 Å². The fourth-order valence-corrected chi connectivity index (χ4v) is 3.45. The summed E-state index contributed by atoms with van der Waals surface area (Å²) in [6.45, 7) is 3.55. The molecule has 0 amide bonds. The second-order valence-electron chi connectivity index (χ2n) is 5.18. The fourth-order valence-electron chi connectivity index (χ4n) is 2.43. The number of halogens is 1. The van der Waals surface area contributed by atoms with Gasteiger partial charge in [-0.1, -0.05) is 0 Å². The zero-order chi connectivity index (χ0) is 13.0. The summed E-state index contributed by atoms with van der Waals surface area (Å²) in [6.07, 6.45) is 3.70. The molecule has 0 aromatic carbocycles. The normalized spacial score (nSPS) is 21.7. The van der Waals surface area contributed by atoms with Crippen LogP contribution < -0.4 is 0 Å². The Morgan fingerprint density at radius 1 is 1.56 bits per heavy atom. The topological polar surface area (TPSA) is 19.4 Å². The molecule has 1 atom stereocenters. The zero-order valence-electron chi connectivity index (χ0n) is 11.2. The predicted molar refractivity (Wildman–Crippen MR) is 78.5 cm³/mol. The van der Waals surface area contributed by atoms with Crippen LogP contribution in [0.2, 0.25) is 0 Å². The highest BCUT2D eigenvalue weighted by Gasteiger charge is 2.21. The Morgan fingerprint density at radius 3 is 3.06 bits per heavy atom. The molecule has 1 aliphatic rings. The van der Waals surface area contributed by atoms with Crippen molar-refractivity contribution < 1.29 is 0 Å². The zero-order valence-corrected chi connectivity index (χ0v) is 12.8. The van der Waals surface area contributed by atoms with E-state index >= 15 is 0 Å². The van der Waals surface area contributed by atoms with E-state index < -0.39 is 0 Å². The van der Waals surface area contributed by atoms with Gasteiger partial charge in [-0.25, -0.2) is 4.98 Å². The molecule has 0 saturated carbocycles. The summed E-state index contributed by atoms with van der Waals surface area (Å²) in [5, 5.41) is 3.29. The standard InChI is InChI=1S/C13H22ClN3S/c1-16(2)12-4-3-6-17(9-12)7-5-13-15-11(8-14)10-18-13/h10,12H,3-9H2,1-2H3. The van der Waals surface area contributed by atoms with Crippen LogP contribution in [-0.4, -0.2) is 54.6 Å². The number of likely N-dealkylation sites (tertiary alicyclic amines) is 1. The van der Waals surface area contributed by atoms with E-state index in [-0.39, 0.29) is 0 Å². The summed E-state index contributed by atoms with van der Waals surface area (Å²) in [6, 6.07) is 0.716. The highest BCUT2D eigenvalue weighted by molar-refractivity contribution is 7.09. The number of likely N-dealkylation sites (N-methyl/N-ethyl adjacent to an activating group) is 1. The van der Waals surface area contributed by atoms with Gasteiger partial charge < -0.3 is 9.80 Å². The van der Waals surface area contributed by atoms with Crippen LogP contribution >= 0.6 is 22.9 Å². The molecule has 1 saturated heterocycles. The van der Waals surface area contributed by atoms with Crippen molar-refractivity contribution in [1.82, 2.24) is 14.8 Å². The van der Waals surface area contributed by atoms with Crippen LogP contribution in [0, 0.1) is 0 Å². The van der Waals surface area contributed by atoms with Gasteiger partial charge in [0.15, 0.2) is 0 Å². The second kappa shape index (κ2) is 6.85. The van der Waals surface area contributed by atoms with Crippen molar-refractivity contribution in [2.75, 3.05) is 33.7 Å². The number of hydrogen-bond acceptors (Lipinski definition) is 4. The van der Waals surface area contributed by atoms with Crippen LogP contribution in [-0.2, 0) is 12.3 Å². The SMILES string of the molecule is CN(C)C1CCCN(CCc2nc(CCl)cs2)C1. The number of thiazole rings is 1. The predicted octanol–water partition coefficient (Wildman–Crippen LogP) is 2.45. The van der Waals surface area contributed by atoms with Crippen molar-refractivity contribution in [3.05, 3.63) is 16.1 Å². The number of rotatable bonds is 5. The maximum absolute atomic E-state index is 5.77. The number of hydrogen-bond donors (Lipinski definition) is 0. The van der Waals surface area contributed by atoms with Gasteiger partial charge in [-0.15, -0.1) is 22.9 Å². The molecule has 0 spiro atoms.